The predicted molar refractivity (Wildman–Crippen MR) is 72.7 cm³/mol. The van der Waals surface area contributed by atoms with Crippen molar-refractivity contribution >= 4 is 12.2 Å². The normalized spacial score (nSPS) is 14.6. The van der Waals surface area contributed by atoms with Crippen molar-refractivity contribution in [2.24, 2.45) is 0 Å². The smallest absolute Gasteiger partial charge is 0.139 e. The number of hydrogen-bond acceptors (Lipinski definition) is 3. The molecule has 1 unspecified atom stereocenters. The molecule has 0 aromatic carbocycles. The van der Waals surface area contributed by atoms with E-state index >= 15 is 0 Å². The highest BCUT2D eigenvalue weighted by molar-refractivity contribution is 7.71. The molecule has 96 valence electrons. The summed E-state index contributed by atoms with van der Waals surface area (Å²) in [6, 6.07) is 1.93. The molecule has 0 saturated heterocycles. The number of nitrogens with one attached hydrogen (secondary N) is 1. The van der Waals surface area contributed by atoms with Gasteiger partial charge in [0.2, 0.25) is 0 Å². The molecule has 1 rings (SSSR count). The van der Waals surface area contributed by atoms with Gasteiger partial charge in [0, 0.05) is 12.3 Å². The SMILES string of the molecule is CCCc1cc(=S)nc(C(C)(CC)OCC)[nH]1. The van der Waals surface area contributed by atoms with Crippen LogP contribution in [0, 0.1) is 4.64 Å². The molecule has 0 bridgehead atoms. The van der Waals surface area contributed by atoms with Gasteiger partial charge in [0.15, 0.2) is 0 Å². The van der Waals surface area contributed by atoms with Crippen molar-refractivity contribution in [1.82, 2.24) is 9.97 Å². The van der Waals surface area contributed by atoms with Crippen molar-refractivity contribution in [2.45, 2.75) is 52.6 Å². The zero-order valence-electron chi connectivity index (χ0n) is 11.2. The lowest BCUT2D eigenvalue weighted by Gasteiger charge is -2.27. The van der Waals surface area contributed by atoms with Gasteiger partial charge < -0.3 is 9.72 Å². The van der Waals surface area contributed by atoms with Crippen molar-refractivity contribution in [2.75, 3.05) is 6.61 Å². The fourth-order valence-corrected chi connectivity index (χ4v) is 2.05. The van der Waals surface area contributed by atoms with E-state index in [1.54, 1.807) is 0 Å². The summed E-state index contributed by atoms with van der Waals surface area (Å²) in [5.41, 5.74) is 0.772. The minimum atomic E-state index is -0.369. The Balaban J connectivity index is 3.15. The van der Waals surface area contributed by atoms with E-state index in [-0.39, 0.29) is 5.60 Å². The largest absolute Gasteiger partial charge is 0.368 e. The summed E-state index contributed by atoms with van der Waals surface area (Å²) in [6.07, 6.45) is 2.95. The van der Waals surface area contributed by atoms with Crippen LogP contribution in [0.15, 0.2) is 6.07 Å². The molecule has 0 aliphatic carbocycles. The summed E-state index contributed by atoms with van der Waals surface area (Å²) in [5.74, 6) is 0.845. The van der Waals surface area contributed by atoms with Crippen LogP contribution in [0.1, 0.15) is 52.1 Å². The Hall–Kier alpha value is -0.740. The Labute approximate surface area is 109 Å². The maximum absolute atomic E-state index is 5.81. The summed E-state index contributed by atoms with van der Waals surface area (Å²) in [4.78, 5) is 7.77. The number of aromatic nitrogens is 2. The van der Waals surface area contributed by atoms with Crippen molar-refractivity contribution in [3.05, 3.63) is 22.2 Å². The first-order valence-electron chi connectivity index (χ1n) is 6.30. The minimum absolute atomic E-state index is 0.369. The number of aryl methyl sites for hydroxylation is 1. The average Bonchev–Trinajstić information content (AvgIpc) is 2.29. The van der Waals surface area contributed by atoms with E-state index in [2.05, 4.69) is 30.7 Å². The Morgan fingerprint density at radius 1 is 1.41 bits per heavy atom. The van der Waals surface area contributed by atoms with Gasteiger partial charge in [0.25, 0.3) is 0 Å². The molecule has 1 aromatic heterocycles. The first-order valence-corrected chi connectivity index (χ1v) is 6.71. The first kappa shape index (κ1) is 14.3. The van der Waals surface area contributed by atoms with Crippen LogP contribution in [0.5, 0.6) is 0 Å². The zero-order valence-corrected chi connectivity index (χ0v) is 12.0. The van der Waals surface area contributed by atoms with Crippen LogP contribution in [0.4, 0.5) is 0 Å². The minimum Gasteiger partial charge on any atom is -0.368 e. The second-order valence-electron chi connectivity index (χ2n) is 4.36. The third kappa shape index (κ3) is 3.61. The van der Waals surface area contributed by atoms with Gasteiger partial charge in [-0.1, -0.05) is 32.5 Å². The first-order chi connectivity index (χ1) is 8.05. The number of nitrogens with zero attached hydrogens (tertiary/aromatic N) is 1. The van der Waals surface area contributed by atoms with E-state index in [1.807, 2.05) is 13.0 Å². The maximum atomic E-state index is 5.81. The Morgan fingerprint density at radius 3 is 2.65 bits per heavy atom. The molecular formula is C13H22N2OS. The number of hydrogen-bond donors (Lipinski definition) is 1. The van der Waals surface area contributed by atoms with Crippen LogP contribution >= 0.6 is 12.2 Å². The monoisotopic (exact) mass is 254 g/mol. The van der Waals surface area contributed by atoms with Crippen LogP contribution in [-0.4, -0.2) is 16.6 Å². The van der Waals surface area contributed by atoms with Crippen molar-refractivity contribution in [3.8, 4) is 0 Å². The number of H-pyrrole nitrogens is 1. The molecule has 1 heterocycles. The Bertz CT molecular complexity index is 416. The molecule has 0 aliphatic heterocycles. The molecule has 0 saturated carbocycles. The lowest BCUT2D eigenvalue weighted by molar-refractivity contribution is -0.0392. The Morgan fingerprint density at radius 2 is 2.12 bits per heavy atom. The molecule has 1 atom stereocenters. The van der Waals surface area contributed by atoms with E-state index in [0.717, 1.165) is 30.8 Å². The van der Waals surface area contributed by atoms with Crippen LogP contribution in [-0.2, 0) is 16.8 Å². The van der Waals surface area contributed by atoms with Gasteiger partial charge in [-0.2, -0.15) is 0 Å². The highest BCUT2D eigenvalue weighted by Gasteiger charge is 2.27. The van der Waals surface area contributed by atoms with Gasteiger partial charge in [-0.05, 0) is 32.8 Å². The van der Waals surface area contributed by atoms with E-state index in [0.29, 0.717) is 11.2 Å². The summed E-state index contributed by atoms with van der Waals surface area (Å²) in [6.45, 7) is 8.97. The average molecular weight is 254 g/mol. The summed E-state index contributed by atoms with van der Waals surface area (Å²) in [5, 5.41) is 0. The Kier molecular flexibility index (Phi) is 5.28. The number of rotatable bonds is 6. The second kappa shape index (κ2) is 6.26. The highest BCUT2D eigenvalue weighted by atomic mass is 32.1. The second-order valence-corrected chi connectivity index (χ2v) is 4.78. The third-order valence-corrected chi connectivity index (χ3v) is 3.17. The third-order valence-electron chi connectivity index (χ3n) is 2.96. The van der Waals surface area contributed by atoms with E-state index in [9.17, 15) is 0 Å². The summed E-state index contributed by atoms with van der Waals surface area (Å²) >= 11 is 5.22. The van der Waals surface area contributed by atoms with Gasteiger partial charge >= 0.3 is 0 Å². The number of ether oxygens (including phenoxy) is 1. The number of aromatic amines is 1. The molecule has 1 aromatic rings. The van der Waals surface area contributed by atoms with Crippen LogP contribution in [0.25, 0.3) is 0 Å². The van der Waals surface area contributed by atoms with Gasteiger partial charge in [-0.3, -0.25) is 0 Å². The highest BCUT2D eigenvalue weighted by Crippen LogP contribution is 2.26. The zero-order chi connectivity index (χ0) is 12.9. The van der Waals surface area contributed by atoms with Crippen molar-refractivity contribution < 1.29 is 4.74 Å². The molecule has 17 heavy (non-hydrogen) atoms. The van der Waals surface area contributed by atoms with Gasteiger partial charge in [0.1, 0.15) is 16.1 Å². The topological polar surface area (TPSA) is 37.9 Å². The molecule has 0 fully saturated rings. The molecular weight excluding hydrogens is 232 g/mol. The standard InChI is InChI=1S/C13H22N2OS/c1-5-8-10-9-11(17)15-12(14-10)13(4,6-2)16-7-3/h9H,5-8H2,1-4H3,(H,14,15,17). The molecule has 4 heteroatoms. The van der Waals surface area contributed by atoms with E-state index < -0.39 is 0 Å². The van der Waals surface area contributed by atoms with Crippen LogP contribution in [0.2, 0.25) is 0 Å². The molecule has 0 spiro atoms. The molecule has 1 N–H and O–H groups in total. The van der Waals surface area contributed by atoms with Gasteiger partial charge in [-0.15, -0.1) is 0 Å². The fourth-order valence-electron chi connectivity index (χ4n) is 1.82. The van der Waals surface area contributed by atoms with E-state index in [1.165, 1.54) is 0 Å². The van der Waals surface area contributed by atoms with E-state index in [4.69, 9.17) is 17.0 Å². The van der Waals surface area contributed by atoms with Gasteiger partial charge in [0.05, 0.1) is 0 Å². The van der Waals surface area contributed by atoms with Gasteiger partial charge in [-0.25, -0.2) is 4.98 Å². The van der Waals surface area contributed by atoms with Crippen molar-refractivity contribution in [3.63, 3.8) is 0 Å². The fraction of sp³-hybridized carbons (Fsp3) is 0.692. The predicted octanol–water partition coefficient (Wildman–Crippen LogP) is 3.75. The summed E-state index contributed by atoms with van der Waals surface area (Å²) in [7, 11) is 0. The van der Waals surface area contributed by atoms with Crippen molar-refractivity contribution in [1.29, 1.82) is 0 Å². The lowest BCUT2D eigenvalue weighted by Crippen LogP contribution is -2.28. The molecule has 3 nitrogen and oxygen atoms in total. The van der Waals surface area contributed by atoms with Crippen LogP contribution < -0.4 is 0 Å². The van der Waals surface area contributed by atoms with Crippen LogP contribution in [0.3, 0.4) is 0 Å². The molecule has 0 amide bonds. The maximum Gasteiger partial charge on any atom is 0.139 e. The summed E-state index contributed by atoms with van der Waals surface area (Å²) < 4.78 is 6.45. The lowest BCUT2D eigenvalue weighted by atomic mass is 10.0. The molecule has 0 radical (unpaired) electrons. The molecule has 0 aliphatic rings. The quantitative estimate of drug-likeness (QED) is 0.786.